The molecule has 32 heavy (non-hydrogen) atoms. The SMILES string of the molecule is CCOc1cc(C(=O)N(C)[C@H](C)c2c(C)ncc3cn[nH]c23)ccc1-c1cccc(F)c1. The van der Waals surface area contributed by atoms with Gasteiger partial charge >= 0.3 is 0 Å². The minimum absolute atomic E-state index is 0.153. The Kier molecular flexibility index (Phi) is 5.90. The van der Waals surface area contributed by atoms with Crippen molar-refractivity contribution in [2.75, 3.05) is 13.7 Å². The first-order valence-corrected chi connectivity index (χ1v) is 10.5. The standard InChI is InChI=1S/C25H25FN4O2/c1-5-32-22-12-18(9-10-21(22)17-7-6-8-20(26)11-17)25(31)30(4)16(3)23-15(2)27-13-19-14-28-29-24(19)23/h6-14,16H,5H2,1-4H3,(H,28,29)/t16-/m1/s1. The van der Waals surface area contributed by atoms with Gasteiger partial charge in [-0.05, 0) is 56.7 Å². The van der Waals surface area contributed by atoms with Crippen LogP contribution in [0.3, 0.4) is 0 Å². The fourth-order valence-corrected chi connectivity index (χ4v) is 3.94. The first kappa shape index (κ1) is 21.5. The van der Waals surface area contributed by atoms with E-state index >= 15 is 0 Å². The van der Waals surface area contributed by atoms with Crippen molar-refractivity contribution in [3.8, 4) is 16.9 Å². The summed E-state index contributed by atoms with van der Waals surface area (Å²) in [7, 11) is 1.77. The van der Waals surface area contributed by atoms with Crippen molar-refractivity contribution in [2.45, 2.75) is 26.8 Å². The van der Waals surface area contributed by atoms with E-state index in [0.717, 1.165) is 27.7 Å². The van der Waals surface area contributed by atoms with Gasteiger partial charge in [0.05, 0.1) is 24.4 Å². The number of rotatable bonds is 6. The van der Waals surface area contributed by atoms with E-state index < -0.39 is 0 Å². The number of fused-ring (bicyclic) bond motifs is 1. The zero-order chi connectivity index (χ0) is 22.8. The van der Waals surface area contributed by atoms with Crippen molar-refractivity contribution in [2.24, 2.45) is 0 Å². The predicted octanol–water partition coefficient (Wildman–Crippen LogP) is 5.30. The van der Waals surface area contributed by atoms with Crippen molar-refractivity contribution < 1.29 is 13.9 Å². The molecule has 0 bridgehead atoms. The van der Waals surface area contributed by atoms with Gasteiger partial charge in [-0.2, -0.15) is 5.10 Å². The van der Waals surface area contributed by atoms with Gasteiger partial charge in [-0.25, -0.2) is 4.39 Å². The number of halogens is 1. The molecule has 0 aliphatic carbocycles. The van der Waals surface area contributed by atoms with E-state index in [9.17, 15) is 9.18 Å². The summed E-state index contributed by atoms with van der Waals surface area (Å²) in [6.07, 6.45) is 3.49. The molecule has 1 amide bonds. The van der Waals surface area contributed by atoms with Crippen LogP contribution < -0.4 is 4.74 Å². The Hall–Kier alpha value is -3.74. The van der Waals surface area contributed by atoms with Crippen LogP contribution in [0.15, 0.2) is 54.9 Å². The molecule has 2 aromatic carbocycles. The number of pyridine rings is 1. The van der Waals surface area contributed by atoms with Crippen LogP contribution in [-0.4, -0.2) is 39.6 Å². The second kappa shape index (κ2) is 8.78. The first-order valence-electron chi connectivity index (χ1n) is 10.5. The molecule has 0 unspecified atom stereocenters. The molecular weight excluding hydrogens is 407 g/mol. The third kappa shape index (κ3) is 3.93. The normalized spacial score (nSPS) is 12.0. The number of nitrogens with zero attached hydrogens (tertiary/aromatic N) is 3. The minimum Gasteiger partial charge on any atom is -0.493 e. The van der Waals surface area contributed by atoms with E-state index in [4.69, 9.17) is 4.74 Å². The minimum atomic E-state index is -0.323. The molecule has 0 saturated heterocycles. The molecule has 4 rings (SSSR count). The van der Waals surface area contributed by atoms with Crippen LogP contribution in [-0.2, 0) is 0 Å². The van der Waals surface area contributed by atoms with E-state index in [-0.39, 0.29) is 17.8 Å². The number of hydrogen-bond acceptors (Lipinski definition) is 4. The number of H-pyrrole nitrogens is 1. The fourth-order valence-electron chi connectivity index (χ4n) is 3.94. The van der Waals surface area contributed by atoms with Gasteiger partial charge in [0.15, 0.2) is 0 Å². The van der Waals surface area contributed by atoms with Crippen molar-refractivity contribution in [1.29, 1.82) is 0 Å². The Balaban J connectivity index is 1.68. The average Bonchev–Trinajstić information content (AvgIpc) is 3.26. The third-order valence-electron chi connectivity index (χ3n) is 5.71. The summed E-state index contributed by atoms with van der Waals surface area (Å²) in [4.78, 5) is 19.5. The highest BCUT2D eigenvalue weighted by molar-refractivity contribution is 5.96. The number of carbonyl (C=O) groups is 1. The van der Waals surface area contributed by atoms with Gasteiger partial charge < -0.3 is 9.64 Å². The number of benzene rings is 2. The molecule has 1 atom stereocenters. The van der Waals surface area contributed by atoms with Gasteiger partial charge in [0.2, 0.25) is 0 Å². The van der Waals surface area contributed by atoms with Gasteiger partial charge in [0.1, 0.15) is 11.6 Å². The summed E-state index contributed by atoms with van der Waals surface area (Å²) < 4.78 is 19.5. The molecule has 2 aromatic heterocycles. The highest BCUT2D eigenvalue weighted by Gasteiger charge is 2.24. The Morgan fingerprint density at radius 3 is 2.78 bits per heavy atom. The molecule has 0 fully saturated rings. The molecule has 7 heteroatoms. The molecule has 1 N–H and O–H groups in total. The lowest BCUT2D eigenvalue weighted by Gasteiger charge is -2.27. The number of aryl methyl sites for hydroxylation is 1. The molecule has 0 spiro atoms. The lowest BCUT2D eigenvalue weighted by Crippen LogP contribution is -2.30. The Morgan fingerprint density at radius 2 is 2.03 bits per heavy atom. The predicted molar refractivity (Wildman–Crippen MR) is 122 cm³/mol. The van der Waals surface area contributed by atoms with E-state index in [0.29, 0.717) is 23.5 Å². The number of carbonyl (C=O) groups excluding carboxylic acids is 1. The van der Waals surface area contributed by atoms with Crippen LogP contribution in [0.2, 0.25) is 0 Å². The summed E-state index contributed by atoms with van der Waals surface area (Å²) in [6, 6.07) is 11.3. The maximum atomic E-state index is 13.7. The summed E-state index contributed by atoms with van der Waals surface area (Å²) in [5.41, 5.74) is 4.57. The van der Waals surface area contributed by atoms with E-state index in [1.54, 1.807) is 48.6 Å². The number of aromatic amines is 1. The summed E-state index contributed by atoms with van der Waals surface area (Å²) in [5, 5.41) is 8.03. The monoisotopic (exact) mass is 432 g/mol. The number of nitrogens with one attached hydrogen (secondary N) is 1. The second-order valence-corrected chi connectivity index (χ2v) is 7.70. The largest absolute Gasteiger partial charge is 0.493 e. The zero-order valence-corrected chi connectivity index (χ0v) is 18.5. The van der Waals surface area contributed by atoms with Crippen molar-refractivity contribution >= 4 is 16.8 Å². The van der Waals surface area contributed by atoms with Gasteiger partial charge in [-0.15, -0.1) is 0 Å². The van der Waals surface area contributed by atoms with Crippen molar-refractivity contribution in [1.82, 2.24) is 20.1 Å². The summed E-state index contributed by atoms with van der Waals surface area (Å²) in [6.45, 7) is 6.19. The molecule has 0 aliphatic rings. The van der Waals surface area contributed by atoms with Crippen molar-refractivity contribution in [3.05, 3.63) is 77.5 Å². The maximum Gasteiger partial charge on any atom is 0.254 e. The van der Waals surface area contributed by atoms with Crippen LogP contribution in [0.4, 0.5) is 4.39 Å². The Labute approximate surface area is 186 Å². The highest BCUT2D eigenvalue weighted by atomic mass is 19.1. The lowest BCUT2D eigenvalue weighted by atomic mass is 10.00. The number of amides is 1. The van der Waals surface area contributed by atoms with Crippen LogP contribution in [0.1, 0.15) is 41.5 Å². The zero-order valence-electron chi connectivity index (χ0n) is 18.5. The molecule has 0 radical (unpaired) electrons. The van der Waals surface area contributed by atoms with E-state index in [1.807, 2.05) is 26.8 Å². The Morgan fingerprint density at radius 1 is 1.22 bits per heavy atom. The van der Waals surface area contributed by atoms with E-state index in [1.165, 1.54) is 12.1 Å². The highest BCUT2D eigenvalue weighted by Crippen LogP contribution is 2.33. The third-order valence-corrected chi connectivity index (χ3v) is 5.71. The quantitative estimate of drug-likeness (QED) is 0.449. The summed E-state index contributed by atoms with van der Waals surface area (Å²) >= 11 is 0. The number of ether oxygens (including phenoxy) is 1. The van der Waals surface area contributed by atoms with Gasteiger partial charge in [0, 0.05) is 41.0 Å². The number of hydrogen-bond donors (Lipinski definition) is 1. The molecule has 0 saturated carbocycles. The van der Waals surface area contributed by atoms with E-state index in [2.05, 4.69) is 15.2 Å². The fraction of sp³-hybridized carbons (Fsp3) is 0.240. The molecule has 4 aromatic rings. The maximum absolute atomic E-state index is 13.7. The van der Waals surface area contributed by atoms with Gasteiger partial charge in [-0.3, -0.25) is 14.9 Å². The van der Waals surface area contributed by atoms with Gasteiger partial charge in [-0.1, -0.05) is 12.1 Å². The van der Waals surface area contributed by atoms with Crippen LogP contribution in [0.5, 0.6) is 5.75 Å². The molecular formula is C25H25FN4O2. The van der Waals surface area contributed by atoms with Crippen LogP contribution in [0.25, 0.3) is 22.0 Å². The van der Waals surface area contributed by atoms with Crippen molar-refractivity contribution in [3.63, 3.8) is 0 Å². The summed E-state index contributed by atoms with van der Waals surface area (Å²) in [5.74, 6) is 0.0642. The Bertz CT molecular complexity index is 1280. The first-order chi connectivity index (χ1) is 15.4. The lowest BCUT2D eigenvalue weighted by molar-refractivity contribution is 0.0742. The molecule has 164 valence electrons. The van der Waals surface area contributed by atoms with Crippen LogP contribution in [0, 0.1) is 12.7 Å². The molecule has 0 aliphatic heterocycles. The topological polar surface area (TPSA) is 71.1 Å². The van der Waals surface area contributed by atoms with Gasteiger partial charge in [0.25, 0.3) is 5.91 Å². The molecule has 6 nitrogen and oxygen atoms in total. The average molecular weight is 432 g/mol. The smallest absolute Gasteiger partial charge is 0.254 e. The number of aromatic nitrogens is 3. The molecule has 2 heterocycles. The second-order valence-electron chi connectivity index (χ2n) is 7.70. The van der Waals surface area contributed by atoms with Crippen LogP contribution >= 0.6 is 0 Å².